The Bertz CT molecular complexity index is 799. The standard InChI is InChI=1S/C18H12F3NO/c19-15-1-3-18(4-2-15)23-11-12-5-14(10-22-9-12)13-6-16(20)8-17(21)7-13/h1-10H,11H2. The summed E-state index contributed by atoms with van der Waals surface area (Å²) in [5, 5.41) is 0. The van der Waals surface area contributed by atoms with E-state index in [1.54, 1.807) is 12.3 Å². The molecule has 0 fully saturated rings. The summed E-state index contributed by atoms with van der Waals surface area (Å²) in [5.74, 6) is -1.11. The van der Waals surface area contributed by atoms with E-state index in [-0.39, 0.29) is 12.4 Å². The average Bonchev–Trinajstić information content (AvgIpc) is 2.54. The molecule has 0 aliphatic carbocycles. The molecule has 0 N–H and O–H groups in total. The van der Waals surface area contributed by atoms with Crippen molar-refractivity contribution in [3.05, 3.63) is 83.9 Å². The maximum absolute atomic E-state index is 13.3. The van der Waals surface area contributed by atoms with Crippen molar-refractivity contribution in [1.82, 2.24) is 4.98 Å². The van der Waals surface area contributed by atoms with Gasteiger partial charge < -0.3 is 4.74 Å². The molecule has 5 heteroatoms. The van der Waals surface area contributed by atoms with E-state index >= 15 is 0 Å². The van der Waals surface area contributed by atoms with E-state index in [9.17, 15) is 13.2 Å². The highest BCUT2D eigenvalue weighted by Gasteiger charge is 2.05. The first-order valence-electron chi connectivity index (χ1n) is 6.89. The zero-order valence-corrected chi connectivity index (χ0v) is 12.0. The molecule has 0 unspecified atom stereocenters. The number of hydrogen-bond donors (Lipinski definition) is 0. The van der Waals surface area contributed by atoms with Crippen LogP contribution >= 0.6 is 0 Å². The number of benzene rings is 2. The largest absolute Gasteiger partial charge is 0.489 e. The van der Waals surface area contributed by atoms with E-state index < -0.39 is 11.6 Å². The lowest BCUT2D eigenvalue weighted by molar-refractivity contribution is 0.305. The molecule has 0 bridgehead atoms. The van der Waals surface area contributed by atoms with Crippen LogP contribution in [0.5, 0.6) is 5.75 Å². The summed E-state index contributed by atoms with van der Waals surface area (Å²) in [4.78, 5) is 4.06. The zero-order valence-electron chi connectivity index (χ0n) is 12.0. The van der Waals surface area contributed by atoms with Crippen molar-refractivity contribution >= 4 is 0 Å². The predicted molar refractivity (Wildman–Crippen MR) is 80.3 cm³/mol. The van der Waals surface area contributed by atoms with Crippen LogP contribution in [-0.2, 0) is 6.61 Å². The Morgan fingerprint density at radius 3 is 2.13 bits per heavy atom. The minimum absolute atomic E-state index is 0.213. The van der Waals surface area contributed by atoms with Crippen LogP contribution in [0.15, 0.2) is 60.9 Å². The average molecular weight is 315 g/mol. The lowest BCUT2D eigenvalue weighted by Crippen LogP contribution is -1.97. The molecule has 3 rings (SSSR count). The first-order valence-corrected chi connectivity index (χ1v) is 6.89. The summed E-state index contributed by atoms with van der Waals surface area (Å²) in [6.07, 6.45) is 3.12. The number of hydrogen-bond acceptors (Lipinski definition) is 2. The molecule has 1 aromatic heterocycles. The van der Waals surface area contributed by atoms with Crippen LogP contribution in [0.25, 0.3) is 11.1 Å². The van der Waals surface area contributed by atoms with Gasteiger partial charge in [-0.2, -0.15) is 0 Å². The van der Waals surface area contributed by atoms with Gasteiger partial charge in [0.05, 0.1) is 0 Å². The normalized spacial score (nSPS) is 10.6. The lowest BCUT2D eigenvalue weighted by Gasteiger charge is -2.08. The molecule has 0 radical (unpaired) electrons. The van der Waals surface area contributed by atoms with Gasteiger partial charge in [-0.15, -0.1) is 0 Å². The van der Waals surface area contributed by atoms with E-state index in [2.05, 4.69) is 4.98 Å². The molecule has 0 saturated carbocycles. The van der Waals surface area contributed by atoms with Crippen molar-refractivity contribution in [3.63, 3.8) is 0 Å². The summed E-state index contributed by atoms with van der Waals surface area (Å²) in [6, 6.07) is 10.7. The minimum atomic E-state index is -0.645. The van der Waals surface area contributed by atoms with Crippen molar-refractivity contribution in [3.8, 4) is 16.9 Å². The second-order valence-corrected chi connectivity index (χ2v) is 4.98. The molecule has 3 aromatic rings. The molecule has 2 nitrogen and oxygen atoms in total. The van der Waals surface area contributed by atoms with Crippen LogP contribution in [0, 0.1) is 17.5 Å². The molecule has 0 saturated heterocycles. The Balaban J connectivity index is 1.78. The van der Waals surface area contributed by atoms with E-state index in [0.717, 1.165) is 11.6 Å². The van der Waals surface area contributed by atoms with Crippen molar-refractivity contribution in [1.29, 1.82) is 0 Å². The van der Waals surface area contributed by atoms with Gasteiger partial charge in [-0.3, -0.25) is 4.98 Å². The summed E-state index contributed by atoms with van der Waals surface area (Å²) in [5.41, 5.74) is 1.72. The Labute approximate surface area is 131 Å². The monoisotopic (exact) mass is 315 g/mol. The molecule has 0 spiro atoms. The van der Waals surface area contributed by atoms with Gasteiger partial charge in [-0.05, 0) is 48.0 Å². The predicted octanol–water partition coefficient (Wildman–Crippen LogP) is 4.74. The van der Waals surface area contributed by atoms with Gasteiger partial charge >= 0.3 is 0 Å². The molecule has 0 aliphatic rings. The van der Waals surface area contributed by atoms with Gasteiger partial charge in [0.25, 0.3) is 0 Å². The van der Waals surface area contributed by atoms with Crippen LogP contribution in [-0.4, -0.2) is 4.98 Å². The molecule has 1 heterocycles. The van der Waals surface area contributed by atoms with Crippen LogP contribution in [0.1, 0.15) is 5.56 Å². The second-order valence-electron chi connectivity index (χ2n) is 4.98. The van der Waals surface area contributed by atoms with Gasteiger partial charge in [-0.1, -0.05) is 0 Å². The highest BCUT2D eigenvalue weighted by atomic mass is 19.1. The fourth-order valence-electron chi connectivity index (χ4n) is 2.14. The van der Waals surface area contributed by atoms with Gasteiger partial charge in [-0.25, -0.2) is 13.2 Å². The SMILES string of the molecule is Fc1ccc(OCc2cncc(-c3cc(F)cc(F)c3)c2)cc1. The minimum Gasteiger partial charge on any atom is -0.489 e. The van der Waals surface area contributed by atoms with Gasteiger partial charge in [0, 0.05) is 29.6 Å². The third-order valence-electron chi connectivity index (χ3n) is 3.21. The van der Waals surface area contributed by atoms with Crippen LogP contribution < -0.4 is 4.74 Å². The first-order chi connectivity index (χ1) is 11.1. The number of halogens is 3. The highest BCUT2D eigenvalue weighted by molar-refractivity contribution is 5.63. The van der Waals surface area contributed by atoms with Crippen molar-refractivity contribution < 1.29 is 17.9 Å². The summed E-state index contributed by atoms with van der Waals surface area (Å²) < 4.78 is 45.0. The third-order valence-corrected chi connectivity index (χ3v) is 3.21. The quantitative estimate of drug-likeness (QED) is 0.693. The van der Waals surface area contributed by atoms with E-state index in [0.29, 0.717) is 16.9 Å². The fourth-order valence-corrected chi connectivity index (χ4v) is 2.14. The number of pyridine rings is 1. The third kappa shape index (κ3) is 3.88. The maximum atomic E-state index is 13.3. The fraction of sp³-hybridized carbons (Fsp3) is 0.0556. The van der Waals surface area contributed by atoms with E-state index in [1.165, 1.54) is 42.6 Å². The van der Waals surface area contributed by atoms with Crippen molar-refractivity contribution in [2.75, 3.05) is 0 Å². The number of ether oxygens (including phenoxy) is 1. The Kier molecular flexibility index (Phi) is 4.28. The van der Waals surface area contributed by atoms with Crippen LogP contribution in [0.2, 0.25) is 0 Å². The molecule has 0 amide bonds. The second kappa shape index (κ2) is 6.52. The van der Waals surface area contributed by atoms with Crippen molar-refractivity contribution in [2.45, 2.75) is 6.61 Å². The molecule has 23 heavy (non-hydrogen) atoms. The van der Waals surface area contributed by atoms with Gasteiger partial charge in [0.15, 0.2) is 0 Å². The van der Waals surface area contributed by atoms with E-state index in [4.69, 9.17) is 4.74 Å². The smallest absolute Gasteiger partial charge is 0.126 e. The Morgan fingerprint density at radius 1 is 0.739 bits per heavy atom. The maximum Gasteiger partial charge on any atom is 0.126 e. The van der Waals surface area contributed by atoms with Crippen molar-refractivity contribution in [2.24, 2.45) is 0 Å². The highest BCUT2D eigenvalue weighted by Crippen LogP contribution is 2.22. The Hall–Kier alpha value is -2.82. The molecule has 2 aromatic carbocycles. The summed E-state index contributed by atoms with van der Waals surface area (Å²) in [6.45, 7) is 0.213. The molecular weight excluding hydrogens is 303 g/mol. The van der Waals surface area contributed by atoms with Crippen LogP contribution in [0.3, 0.4) is 0 Å². The first kappa shape index (κ1) is 15.1. The molecule has 0 atom stereocenters. The zero-order chi connectivity index (χ0) is 16.2. The molecule has 116 valence electrons. The lowest BCUT2D eigenvalue weighted by atomic mass is 10.1. The number of rotatable bonds is 4. The number of nitrogens with zero attached hydrogens (tertiary/aromatic N) is 1. The topological polar surface area (TPSA) is 22.1 Å². The molecular formula is C18H12F3NO. The van der Waals surface area contributed by atoms with Crippen LogP contribution in [0.4, 0.5) is 13.2 Å². The summed E-state index contributed by atoms with van der Waals surface area (Å²) in [7, 11) is 0. The van der Waals surface area contributed by atoms with E-state index in [1.807, 2.05) is 0 Å². The van der Waals surface area contributed by atoms with Gasteiger partial charge in [0.1, 0.15) is 29.8 Å². The number of aromatic nitrogens is 1. The summed E-state index contributed by atoms with van der Waals surface area (Å²) >= 11 is 0. The van der Waals surface area contributed by atoms with Gasteiger partial charge in [0.2, 0.25) is 0 Å². The Morgan fingerprint density at radius 2 is 1.43 bits per heavy atom. The molecule has 0 aliphatic heterocycles.